The molecule has 1 aromatic rings. The molecule has 2 N–H and O–H groups in total. The minimum absolute atomic E-state index is 0.203. The molecule has 86 valence electrons. The Bertz CT molecular complexity index is 261. The van der Waals surface area contributed by atoms with E-state index in [1.54, 1.807) is 6.20 Å². The molecular weight excluding hydrogens is 188 g/mol. The molecule has 15 heavy (non-hydrogen) atoms. The van der Waals surface area contributed by atoms with Gasteiger partial charge in [-0.2, -0.15) is 5.10 Å². The first kappa shape index (κ1) is 12.2. The number of H-pyrrole nitrogens is 1. The monoisotopic (exact) mass is 210 g/mol. The Morgan fingerprint density at radius 2 is 2.20 bits per heavy atom. The van der Waals surface area contributed by atoms with Crippen molar-refractivity contribution in [3.8, 4) is 0 Å². The van der Waals surface area contributed by atoms with E-state index in [1.807, 2.05) is 6.07 Å². The molecule has 4 heteroatoms. The lowest BCUT2D eigenvalue weighted by Gasteiger charge is -2.23. The maximum absolute atomic E-state index is 3.93. The van der Waals surface area contributed by atoms with Crippen molar-refractivity contribution in [1.29, 1.82) is 0 Å². The molecule has 0 fully saturated rings. The number of hydrogen-bond acceptors (Lipinski definition) is 3. The van der Waals surface area contributed by atoms with Gasteiger partial charge in [-0.1, -0.05) is 0 Å². The van der Waals surface area contributed by atoms with Gasteiger partial charge in [0.15, 0.2) is 0 Å². The lowest BCUT2D eigenvalue weighted by molar-refractivity contribution is 0.300. The van der Waals surface area contributed by atoms with Gasteiger partial charge in [0, 0.05) is 37.1 Å². The van der Waals surface area contributed by atoms with Crippen molar-refractivity contribution in [3.63, 3.8) is 0 Å². The van der Waals surface area contributed by atoms with Crippen LogP contribution in [0.4, 0.5) is 0 Å². The molecule has 0 aromatic carbocycles. The molecule has 1 rings (SSSR count). The Balaban J connectivity index is 2.17. The summed E-state index contributed by atoms with van der Waals surface area (Å²) >= 11 is 0. The van der Waals surface area contributed by atoms with Gasteiger partial charge >= 0.3 is 0 Å². The average Bonchev–Trinajstić information content (AvgIpc) is 2.54. The minimum Gasteiger partial charge on any atom is -0.311 e. The quantitative estimate of drug-likeness (QED) is 0.768. The molecule has 0 saturated heterocycles. The fourth-order valence-electron chi connectivity index (χ4n) is 1.36. The van der Waals surface area contributed by atoms with Crippen LogP contribution in [0.1, 0.15) is 26.5 Å². The van der Waals surface area contributed by atoms with Gasteiger partial charge in [0.1, 0.15) is 0 Å². The van der Waals surface area contributed by atoms with Crippen molar-refractivity contribution in [2.24, 2.45) is 0 Å². The summed E-state index contributed by atoms with van der Waals surface area (Å²) in [5, 5.41) is 10.4. The molecule has 1 aromatic heterocycles. The molecular formula is C11H22N4. The Morgan fingerprint density at radius 1 is 1.47 bits per heavy atom. The second-order valence-corrected chi connectivity index (χ2v) is 5.00. The van der Waals surface area contributed by atoms with Gasteiger partial charge in [0.2, 0.25) is 0 Å². The summed E-state index contributed by atoms with van der Waals surface area (Å²) in [7, 11) is 2.12. The number of hydrogen-bond donors (Lipinski definition) is 2. The van der Waals surface area contributed by atoms with E-state index in [0.717, 1.165) is 25.3 Å². The first-order valence-corrected chi connectivity index (χ1v) is 5.39. The highest BCUT2D eigenvalue weighted by atomic mass is 15.2. The second kappa shape index (κ2) is 5.28. The zero-order valence-electron chi connectivity index (χ0n) is 10.2. The number of nitrogens with one attached hydrogen (secondary N) is 2. The molecule has 0 saturated carbocycles. The number of aromatic amines is 1. The second-order valence-electron chi connectivity index (χ2n) is 5.00. The molecule has 0 aliphatic rings. The summed E-state index contributed by atoms with van der Waals surface area (Å²) in [6.45, 7) is 9.52. The standard InChI is InChI=1S/C11H22N4/c1-11(2,3)12-7-8-15(4)9-10-5-6-13-14-10/h5-6,12H,7-9H2,1-4H3,(H,13,14). The highest BCUT2D eigenvalue weighted by Gasteiger charge is 2.08. The van der Waals surface area contributed by atoms with E-state index < -0.39 is 0 Å². The van der Waals surface area contributed by atoms with Crippen LogP contribution in [0.5, 0.6) is 0 Å². The maximum Gasteiger partial charge on any atom is 0.0492 e. The topological polar surface area (TPSA) is 44.0 Å². The summed E-state index contributed by atoms with van der Waals surface area (Å²) in [5.74, 6) is 0. The van der Waals surface area contributed by atoms with Crippen LogP contribution in [0.15, 0.2) is 12.3 Å². The summed E-state index contributed by atoms with van der Waals surface area (Å²) in [6.07, 6.45) is 1.79. The van der Waals surface area contributed by atoms with E-state index in [4.69, 9.17) is 0 Å². The lowest BCUT2D eigenvalue weighted by Crippen LogP contribution is -2.40. The van der Waals surface area contributed by atoms with Crippen LogP contribution in [0.25, 0.3) is 0 Å². The molecule has 0 bridgehead atoms. The van der Waals surface area contributed by atoms with Gasteiger partial charge < -0.3 is 5.32 Å². The van der Waals surface area contributed by atoms with Gasteiger partial charge in [-0.3, -0.25) is 10.00 Å². The predicted octanol–water partition coefficient (Wildman–Crippen LogP) is 1.23. The van der Waals surface area contributed by atoms with Crippen molar-refractivity contribution in [3.05, 3.63) is 18.0 Å². The van der Waals surface area contributed by atoms with Crippen LogP contribution in [0, 0.1) is 0 Å². The molecule has 0 aliphatic carbocycles. The smallest absolute Gasteiger partial charge is 0.0492 e. The molecule has 0 atom stereocenters. The largest absolute Gasteiger partial charge is 0.311 e. The van der Waals surface area contributed by atoms with Crippen LogP contribution in [0.3, 0.4) is 0 Å². The number of likely N-dealkylation sites (N-methyl/N-ethyl adjacent to an activating group) is 1. The number of rotatable bonds is 5. The van der Waals surface area contributed by atoms with E-state index >= 15 is 0 Å². The molecule has 0 amide bonds. The van der Waals surface area contributed by atoms with Crippen molar-refractivity contribution >= 4 is 0 Å². The third-order valence-corrected chi connectivity index (χ3v) is 2.15. The van der Waals surface area contributed by atoms with E-state index in [2.05, 4.69) is 48.2 Å². The van der Waals surface area contributed by atoms with Gasteiger partial charge in [-0.25, -0.2) is 0 Å². The molecule has 4 nitrogen and oxygen atoms in total. The highest BCUT2D eigenvalue weighted by Crippen LogP contribution is 1.99. The number of nitrogens with zero attached hydrogens (tertiary/aromatic N) is 2. The maximum atomic E-state index is 3.93. The van der Waals surface area contributed by atoms with Gasteiger partial charge in [-0.15, -0.1) is 0 Å². The van der Waals surface area contributed by atoms with E-state index in [9.17, 15) is 0 Å². The first-order chi connectivity index (χ1) is 6.97. The van der Waals surface area contributed by atoms with Crippen LogP contribution >= 0.6 is 0 Å². The Hall–Kier alpha value is -0.870. The summed E-state index contributed by atoms with van der Waals surface area (Å²) in [6, 6.07) is 2.01. The fourth-order valence-corrected chi connectivity index (χ4v) is 1.36. The van der Waals surface area contributed by atoms with E-state index in [0.29, 0.717) is 0 Å². The van der Waals surface area contributed by atoms with Crippen LogP contribution < -0.4 is 5.32 Å². The first-order valence-electron chi connectivity index (χ1n) is 5.39. The van der Waals surface area contributed by atoms with E-state index in [-0.39, 0.29) is 5.54 Å². The zero-order chi connectivity index (χ0) is 11.3. The summed E-state index contributed by atoms with van der Waals surface area (Å²) < 4.78 is 0. The van der Waals surface area contributed by atoms with Gasteiger partial charge in [0.05, 0.1) is 0 Å². The van der Waals surface area contributed by atoms with Gasteiger partial charge in [-0.05, 0) is 33.9 Å². The zero-order valence-corrected chi connectivity index (χ0v) is 10.2. The van der Waals surface area contributed by atoms with Crippen molar-refractivity contribution < 1.29 is 0 Å². The van der Waals surface area contributed by atoms with E-state index in [1.165, 1.54) is 0 Å². The Labute approximate surface area is 92.1 Å². The van der Waals surface area contributed by atoms with Gasteiger partial charge in [0.25, 0.3) is 0 Å². The molecule has 0 radical (unpaired) electrons. The molecule has 0 spiro atoms. The lowest BCUT2D eigenvalue weighted by atomic mass is 10.1. The van der Waals surface area contributed by atoms with Crippen molar-refractivity contribution in [2.45, 2.75) is 32.9 Å². The third kappa shape index (κ3) is 5.54. The Morgan fingerprint density at radius 3 is 2.73 bits per heavy atom. The van der Waals surface area contributed by atoms with Crippen LogP contribution in [-0.4, -0.2) is 40.8 Å². The molecule has 1 heterocycles. The highest BCUT2D eigenvalue weighted by molar-refractivity contribution is 4.96. The normalized spacial score (nSPS) is 12.3. The summed E-state index contributed by atoms with van der Waals surface area (Å²) in [5.41, 5.74) is 1.36. The number of aromatic nitrogens is 2. The van der Waals surface area contributed by atoms with Crippen LogP contribution in [0.2, 0.25) is 0 Å². The Kier molecular flexibility index (Phi) is 4.29. The van der Waals surface area contributed by atoms with Crippen molar-refractivity contribution in [1.82, 2.24) is 20.4 Å². The van der Waals surface area contributed by atoms with Crippen molar-refractivity contribution in [2.75, 3.05) is 20.1 Å². The predicted molar refractivity (Wildman–Crippen MR) is 62.7 cm³/mol. The third-order valence-electron chi connectivity index (χ3n) is 2.15. The summed E-state index contributed by atoms with van der Waals surface area (Å²) in [4.78, 5) is 2.27. The fraction of sp³-hybridized carbons (Fsp3) is 0.727. The molecule has 0 aliphatic heterocycles. The molecule has 0 unspecified atom stereocenters. The van der Waals surface area contributed by atoms with Crippen LogP contribution in [-0.2, 0) is 6.54 Å². The minimum atomic E-state index is 0.203. The average molecular weight is 210 g/mol. The SMILES string of the molecule is CN(CCNC(C)(C)C)Cc1ccn[nH]1.